The highest BCUT2D eigenvalue weighted by atomic mass is 16.6. The van der Waals surface area contributed by atoms with Crippen LogP contribution in [0.2, 0.25) is 0 Å². The Morgan fingerprint density at radius 2 is 1.71 bits per heavy atom. The van der Waals surface area contributed by atoms with Crippen LogP contribution < -0.4 is 11.1 Å². The van der Waals surface area contributed by atoms with E-state index in [1.54, 1.807) is 7.11 Å². The van der Waals surface area contributed by atoms with Gasteiger partial charge in [0.2, 0.25) is 0 Å². The van der Waals surface area contributed by atoms with Crippen LogP contribution in [-0.4, -0.2) is 61.3 Å². The molecule has 0 aromatic carbocycles. The first-order valence-corrected chi connectivity index (χ1v) is 16.6. The number of nitrogens with one attached hydrogen (secondary N) is 1. The minimum Gasteiger partial charge on any atom is -0.462 e. The molecular formula is C33H60N2O6. The Balaban J connectivity index is 1.74. The van der Waals surface area contributed by atoms with Gasteiger partial charge in [-0.25, -0.2) is 0 Å². The van der Waals surface area contributed by atoms with Crippen molar-refractivity contribution < 1.29 is 28.9 Å². The summed E-state index contributed by atoms with van der Waals surface area (Å²) >= 11 is 0. The van der Waals surface area contributed by atoms with Crippen molar-refractivity contribution in [3.63, 3.8) is 0 Å². The third kappa shape index (κ3) is 11.4. The molecule has 1 heterocycles. The van der Waals surface area contributed by atoms with Crippen molar-refractivity contribution in [2.24, 2.45) is 41.2 Å². The SMILES string of the molecule is COC1CC(CCC(CC(OC(C)=O)C2CCCCCC(CC(C)C)C2)OC(C)=O)C(C2CCNC(N)C2)CC1O. The summed E-state index contributed by atoms with van der Waals surface area (Å²) < 4.78 is 17.6. The highest BCUT2D eigenvalue weighted by molar-refractivity contribution is 5.66. The number of carbonyl (C=O) groups is 2. The first kappa shape index (κ1) is 34.3. The third-order valence-electron chi connectivity index (χ3n) is 10.1. The van der Waals surface area contributed by atoms with Crippen LogP contribution in [0.1, 0.15) is 118 Å². The molecule has 10 atom stereocenters. The van der Waals surface area contributed by atoms with Gasteiger partial charge in [0.05, 0.1) is 18.4 Å². The second-order valence-corrected chi connectivity index (χ2v) is 13.9. The Morgan fingerprint density at radius 3 is 2.37 bits per heavy atom. The van der Waals surface area contributed by atoms with Gasteiger partial charge in [0.15, 0.2) is 0 Å². The van der Waals surface area contributed by atoms with Gasteiger partial charge in [-0.2, -0.15) is 0 Å². The van der Waals surface area contributed by atoms with Crippen molar-refractivity contribution in [2.75, 3.05) is 13.7 Å². The maximum Gasteiger partial charge on any atom is 0.302 e. The Hall–Kier alpha value is -1.22. The van der Waals surface area contributed by atoms with E-state index in [-0.39, 0.29) is 42.3 Å². The minimum absolute atomic E-state index is 0.00623. The molecule has 0 radical (unpaired) electrons. The Bertz CT molecular complexity index is 794. The molecule has 10 unspecified atom stereocenters. The number of aliphatic hydroxyl groups excluding tert-OH is 1. The molecule has 0 bridgehead atoms. The van der Waals surface area contributed by atoms with Crippen LogP contribution in [0.5, 0.6) is 0 Å². The molecule has 0 aromatic heterocycles. The topological polar surface area (TPSA) is 120 Å². The fourth-order valence-corrected chi connectivity index (χ4v) is 8.35. The zero-order valence-corrected chi connectivity index (χ0v) is 26.5. The molecule has 0 spiro atoms. The van der Waals surface area contributed by atoms with Crippen LogP contribution in [0.15, 0.2) is 0 Å². The number of piperidine rings is 1. The molecule has 4 N–H and O–H groups in total. The second-order valence-electron chi connectivity index (χ2n) is 13.9. The van der Waals surface area contributed by atoms with Crippen LogP contribution in [0.25, 0.3) is 0 Å². The molecule has 3 fully saturated rings. The standard InChI is InChI=1S/C33H60N2O6/c1-21(2)15-24-9-7-6-8-10-27(16-24)31(41-23(4)37)19-28(40-22(3)36)12-11-25-17-32(39-5)30(38)20-29(25)26-13-14-35-33(34)18-26/h21,24-33,35,38H,6-20,34H2,1-5H3. The summed E-state index contributed by atoms with van der Waals surface area (Å²) in [6.45, 7) is 8.45. The summed E-state index contributed by atoms with van der Waals surface area (Å²) in [5, 5.41) is 14.2. The molecule has 8 nitrogen and oxygen atoms in total. The van der Waals surface area contributed by atoms with Gasteiger partial charge >= 0.3 is 11.9 Å². The van der Waals surface area contributed by atoms with Gasteiger partial charge in [0, 0.05) is 27.4 Å². The zero-order chi connectivity index (χ0) is 29.9. The molecule has 1 saturated heterocycles. The van der Waals surface area contributed by atoms with Gasteiger partial charge in [-0.15, -0.1) is 0 Å². The van der Waals surface area contributed by atoms with E-state index in [0.717, 1.165) is 51.5 Å². The third-order valence-corrected chi connectivity index (χ3v) is 10.1. The van der Waals surface area contributed by atoms with Crippen LogP contribution in [0.3, 0.4) is 0 Å². The van der Waals surface area contributed by atoms with Gasteiger partial charge in [-0.05, 0) is 99.8 Å². The van der Waals surface area contributed by atoms with E-state index in [1.165, 1.54) is 39.5 Å². The summed E-state index contributed by atoms with van der Waals surface area (Å²) in [5.41, 5.74) is 6.27. The summed E-state index contributed by atoms with van der Waals surface area (Å²) in [4.78, 5) is 24.5. The lowest BCUT2D eigenvalue weighted by atomic mass is 9.66. The molecule has 1 aliphatic heterocycles. The van der Waals surface area contributed by atoms with Crippen molar-refractivity contribution >= 4 is 11.9 Å². The number of ether oxygens (including phenoxy) is 3. The van der Waals surface area contributed by atoms with Crippen LogP contribution in [0, 0.1) is 35.5 Å². The number of methoxy groups -OCH3 is 1. The monoisotopic (exact) mass is 580 g/mol. The fraction of sp³-hybridized carbons (Fsp3) is 0.939. The number of nitrogens with two attached hydrogens (primary N) is 1. The Morgan fingerprint density at radius 1 is 0.976 bits per heavy atom. The molecule has 2 saturated carbocycles. The number of esters is 2. The average molecular weight is 581 g/mol. The minimum atomic E-state index is -0.469. The van der Waals surface area contributed by atoms with Gasteiger partial charge in [-0.1, -0.05) is 39.5 Å². The highest BCUT2D eigenvalue weighted by Gasteiger charge is 2.41. The molecule has 0 amide bonds. The van der Waals surface area contributed by atoms with Crippen LogP contribution in [0.4, 0.5) is 0 Å². The molecule has 3 aliphatic rings. The Labute approximate surface area is 249 Å². The lowest BCUT2D eigenvalue weighted by molar-refractivity contribution is -0.156. The van der Waals surface area contributed by atoms with Crippen molar-refractivity contribution in [1.29, 1.82) is 0 Å². The highest BCUT2D eigenvalue weighted by Crippen LogP contribution is 2.43. The molecule has 41 heavy (non-hydrogen) atoms. The second kappa shape index (κ2) is 17.2. The average Bonchev–Trinajstić information content (AvgIpc) is 2.87. The largest absolute Gasteiger partial charge is 0.462 e. The number of carbonyl (C=O) groups excluding carboxylic acids is 2. The van der Waals surface area contributed by atoms with Crippen LogP contribution in [-0.2, 0) is 23.8 Å². The van der Waals surface area contributed by atoms with E-state index in [4.69, 9.17) is 19.9 Å². The van der Waals surface area contributed by atoms with Gasteiger partial charge in [0.1, 0.15) is 12.2 Å². The van der Waals surface area contributed by atoms with Crippen LogP contribution >= 0.6 is 0 Å². The van der Waals surface area contributed by atoms with E-state index < -0.39 is 6.10 Å². The van der Waals surface area contributed by atoms with E-state index in [1.807, 2.05) is 0 Å². The van der Waals surface area contributed by atoms with Gasteiger partial charge in [-0.3, -0.25) is 9.59 Å². The number of hydrogen-bond acceptors (Lipinski definition) is 8. The summed E-state index contributed by atoms with van der Waals surface area (Å²) in [5.74, 6) is 2.18. The zero-order valence-electron chi connectivity index (χ0n) is 26.5. The van der Waals surface area contributed by atoms with E-state index in [0.29, 0.717) is 48.9 Å². The summed E-state index contributed by atoms with van der Waals surface area (Å²) in [6, 6.07) is 0. The van der Waals surface area contributed by atoms with Gasteiger partial charge in [0.25, 0.3) is 0 Å². The fourth-order valence-electron chi connectivity index (χ4n) is 8.35. The predicted octanol–water partition coefficient (Wildman–Crippen LogP) is 5.34. The first-order chi connectivity index (χ1) is 19.5. The molecular weight excluding hydrogens is 520 g/mol. The first-order valence-electron chi connectivity index (χ1n) is 16.6. The number of rotatable bonds is 12. The molecule has 8 heteroatoms. The lowest BCUT2D eigenvalue weighted by Gasteiger charge is -2.45. The number of hydrogen-bond donors (Lipinski definition) is 3. The van der Waals surface area contributed by atoms with Crippen molar-refractivity contribution in [1.82, 2.24) is 5.32 Å². The Kier molecular flexibility index (Phi) is 14.4. The quantitative estimate of drug-likeness (QED) is 0.265. The molecule has 238 valence electrons. The molecule has 0 aromatic rings. The van der Waals surface area contributed by atoms with Gasteiger partial charge < -0.3 is 30.4 Å². The van der Waals surface area contributed by atoms with E-state index in [9.17, 15) is 14.7 Å². The lowest BCUT2D eigenvalue weighted by Crippen LogP contribution is -2.49. The summed E-state index contributed by atoms with van der Waals surface area (Å²) in [6.07, 6.45) is 12.6. The normalized spacial score (nSPS) is 34.7. The smallest absolute Gasteiger partial charge is 0.302 e. The van der Waals surface area contributed by atoms with E-state index in [2.05, 4.69) is 19.2 Å². The molecule has 3 rings (SSSR count). The summed E-state index contributed by atoms with van der Waals surface area (Å²) in [7, 11) is 1.68. The van der Waals surface area contributed by atoms with Crippen molar-refractivity contribution in [3.05, 3.63) is 0 Å². The van der Waals surface area contributed by atoms with Crippen molar-refractivity contribution in [2.45, 2.75) is 148 Å². The van der Waals surface area contributed by atoms with E-state index >= 15 is 0 Å². The number of aliphatic hydroxyl groups is 1. The molecule has 2 aliphatic carbocycles. The van der Waals surface area contributed by atoms with Crippen molar-refractivity contribution in [3.8, 4) is 0 Å². The predicted molar refractivity (Wildman–Crippen MR) is 161 cm³/mol. The maximum absolute atomic E-state index is 12.3. The maximum atomic E-state index is 12.3.